The summed E-state index contributed by atoms with van der Waals surface area (Å²) in [6.45, 7) is 13.6. The predicted molar refractivity (Wildman–Crippen MR) is 185 cm³/mol. The smallest absolute Gasteiger partial charge is 0.335 e. The highest BCUT2D eigenvalue weighted by molar-refractivity contribution is 7.92. The van der Waals surface area contributed by atoms with Crippen molar-refractivity contribution in [2.45, 2.75) is 64.3 Å². The first-order valence-corrected chi connectivity index (χ1v) is 17.2. The molecule has 0 radical (unpaired) electrons. The van der Waals surface area contributed by atoms with Gasteiger partial charge in [0.05, 0.1) is 28.4 Å². The normalized spacial score (nSPS) is 12.1. The molecule has 1 aromatic heterocycles. The van der Waals surface area contributed by atoms with Crippen LogP contribution >= 0.6 is 0 Å². The highest BCUT2D eigenvalue weighted by atomic mass is 32.2. The summed E-state index contributed by atoms with van der Waals surface area (Å²) in [6, 6.07) is 20.8. The Balaban J connectivity index is 1.65. The second kappa shape index (κ2) is 16.0. The molecular weight excluding hydrogens is 630 g/mol. The standard InChI is InChI=1S/C36H39N5O6S/c1-5-7-11-26(6-2)24-40-34(42)32(37-4)25(3)33(35(40)43)39-38-29-16-20-31(21-17-29)48(46,47)41(23-22-27-12-9-8-10-13-27)30-18-14-28(15-19-30)36(44)45/h8-10,12-21,26,43H,5-7,11,22-24H2,1-3H3,(H,44,45)/b39-38+. The second-order valence-electron chi connectivity index (χ2n) is 11.4. The fourth-order valence-electron chi connectivity index (χ4n) is 5.34. The largest absolute Gasteiger partial charge is 0.493 e. The number of pyridine rings is 1. The molecule has 4 rings (SSSR count). The number of aromatic carboxylic acids is 1. The molecule has 1 unspecified atom stereocenters. The van der Waals surface area contributed by atoms with Crippen LogP contribution in [0.3, 0.4) is 0 Å². The van der Waals surface area contributed by atoms with Gasteiger partial charge in [-0.2, -0.15) is 5.11 Å². The lowest BCUT2D eigenvalue weighted by atomic mass is 9.99. The minimum atomic E-state index is -4.09. The van der Waals surface area contributed by atoms with Crippen LogP contribution in [-0.4, -0.2) is 35.7 Å². The van der Waals surface area contributed by atoms with Gasteiger partial charge in [-0.15, -0.1) is 5.11 Å². The van der Waals surface area contributed by atoms with Gasteiger partial charge in [0.15, 0.2) is 0 Å². The van der Waals surface area contributed by atoms with E-state index in [1.165, 1.54) is 64.3 Å². The Morgan fingerprint density at radius 3 is 2.25 bits per heavy atom. The number of hydrogen-bond donors (Lipinski definition) is 2. The highest BCUT2D eigenvalue weighted by Crippen LogP contribution is 2.36. The molecule has 250 valence electrons. The average Bonchev–Trinajstić information content (AvgIpc) is 3.09. The highest BCUT2D eigenvalue weighted by Gasteiger charge is 2.26. The molecule has 0 aliphatic rings. The monoisotopic (exact) mass is 669 g/mol. The summed E-state index contributed by atoms with van der Waals surface area (Å²) < 4.78 is 30.3. The van der Waals surface area contributed by atoms with Crippen LogP contribution in [0.5, 0.6) is 5.88 Å². The molecule has 0 aliphatic carbocycles. The van der Waals surface area contributed by atoms with Crippen LogP contribution in [0.1, 0.15) is 61.0 Å². The van der Waals surface area contributed by atoms with Gasteiger partial charge in [0.1, 0.15) is 5.69 Å². The first kappa shape index (κ1) is 35.6. The molecule has 1 atom stereocenters. The summed E-state index contributed by atoms with van der Waals surface area (Å²) in [5, 5.41) is 28.8. The van der Waals surface area contributed by atoms with E-state index in [0.717, 1.165) is 31.2 Å². The third-order valence-electron chi connectivity index (χ3n) is 8.26. The maximum atomic E-state index is 13.9. The van der Waals surface area contributed by atoms with E-state index in [4.69, 9.17) is 6.57 Å². The van der Waals surface area contributed by atoms with Gasteiger partial charge in [0, 0.05) is 13.1 Å². The van der Waals surface area contributed by atoms with Gasteiger partial charge in [-0.05, 0) is 85.3 Å². The van der Waals surface area contributed by atoms with Gasteiger partial charge in [0.25, 0.3) is 21.3 Å². The van der Waals surface area contributed by atoms with Crippen molar-refractivity contribution in [3.05, 3.63) is 117 Å². The number of aromatic nitrogens is 1. The number of unbranched alkanes of at least 4 members (excludes halogenated alkanes) is 1. The molecule has 48 heavy (non-hydrogen) atoms. The van der Waals surface area contributed by atoms with Crippen LogP contribution in [0.15, 0.2) is 98.8 Å². The molecule has 1 heterocycles. The number of carboxylic acid groups (broad SMARTS) is 1. The van der Waals surface area contributed by atoms with Crippen molar-refractivity contribution < 1.29 is 23.4 Å². The van der Waals surface area contributed by atoms with E-state index in [9.17, 15) is 28.2 Å². The zero-order valence-corrected chi connectivity index (χ0v) is 28.0. The fourth-order valence-corrected chi connectivity index (χ4v) is 6.81. The second-order valence-corrected chi connectivity index (χ2v) is 13.3. The van der Waals surface area contributed by atoms with Crippen LogP contribution in [0.2, 0.25) is 0 Å². The molecule has 11 nitrogen and oxygen atoms in total. The molecule has 0 amide bonds. The van der Waals surface area contributed by atoms with E-state index in [1.54, 1.807) is 0 Å². The predicted octanol–water partition coefficient (Wildman–Crippen LogP) is 8.18. The Hall–Kier alpha value is -5.28. The number of aromatic hydroxyl groups is 1. The molecule has 0 saturated heterocycles. The summed E-state index contributed by atoms with van der Waals surface area (Å²) in [5.41, 5.74) is 1.07. The molecule has 12 heteroatoms. The number of azo groups is 1. The third kappa shape index (κ3) is 8.16. The first-order valence-electron chi connectivity index (χ1n) is 15.8. The Kier molecular flexibility index (Phi) is 11.9. The zero-order chi connectivity index (χ0) is 34.8. The number of rotatable bonds is 15. The van der Waals surface area contributed by atoms with Crippen molar-refractivity contribution in [1.82, 2.24) is 4.57 Å². The summed E-state index contributed by atoms with van der Waals surface area (Å²) in [4.78, 5) is 27.9. The Bertz CT molecular complexity index is 1970. The van der Waals surface area contributed by atoms with Crippen molar-refractivity contribution in [1.29, 1.82) is 0 Å². The minimum absolute atomic E-state index is 0.000428. The summed E-state index contributed by atoms with van der Waals surface area (Å²) >= 11 is 0. The molecule has 0 saturated carbocycles. The summed E-state index contributed by atoms with van der Waals surface area (Å²) in [6.07, 6.45) is 4.09. The van der Waals surface area contributed by atoms with Gasteiger partial charge in [-0.1, -0.05) is 63.4 Å². The van der Waals surface area contributed by atoms with Crippen molar-refractivity contribution >= 4 is 38.7 Å². The topological polar surface area (TPSA) is 146 Å². The molecule has 4 aromatic rings. The number of nitrogens with zero attached hydrogens (tertiary/aromatic N) is 5. The lowest BCUT2D eigenvalue weighted by Gasteiger charge is -2.25. The van der Waals surface area contributed by atoms with Gasteiger partial charge in [-0.3, -0.25) is 13.7 Å². The number of anilines is 1. The molecular formula is C36H39N5O6S. The van der Waals surface area contributed by atoms with Crippen LogP contribution < -0.4 is 9.86 Å². The van der Waals surface area contributed by atoms with Gasteiger partial charge < -0.3 is 10.2 Å². The number of sulfonamides is 1. The van der Waals surface area contributed by atoms with Crippen molar-refractivity contribution in [3.8, 4) is 5.88 Å². The zero-order valence-electron chi connectivity index (χ0n) is 27.2. The van der Waals surface area contributed by atoms with Crippen molar-refractivity contribution in [2.24, 2.45) is 16.1 Å². The fraction of sp³-hybridized carbons (Fsp3) is 0.306. The molecule has 0 aliphatic heterocycles. The molecule has 0 fully saturated rings. The maximum absolute atomic E-state index is 13.9. The van der Waals surface area contributed by atoms with Crippen LogP contribution in [0.4, 0.5) is 22.7 Å². The minimum Gasteiger partial charge on any atom is -0.493 e. The molecule has 0 spiro atoms. The molecule has 0 bridgehead atoms. The van der Waals surface area contributed by atoms with E-state index in [1.807, 2.05) is 37.3 Å². The van der Waals surface area contributed by atoms with Crippen LogP contribution in [0.25, 0.3) is 4.85 Å². The van der Waals surface area contributed by atoms with E-state index in [2.05, 4.69) is 22.0 Å². The van der Waals surface area contributed by atoms with E-state index < -0.39 is 21.6 Å². The molecule has 3 aromatic carbocycles. The van der Waals surface area contributed by atoms with E-state index in [-0.39, 0.29) is 58.0 Å². The van der Waals surface area contributed by atoms with Gasteiger partial charge >= 0.3 is 5.97 Å². The quantitative estimate of drug-likeness (QED) is 0.0964. The lowest BCUT2D eigenvalue weighted by molar-refractivity contribution is 0.0697. The maximum Gasteiger partial charge on any atom is 0.335 e. The number of benzene rings is 3. The third-order valence-corrected chi connectivity index (χ3v) is 10.1. The number of carboxylic acids is 1. The van der Waals surface area contributed by atoms with Crippen LogP contribution in [-0.2, 0) is 23.0 Å². The van der Waals surface area contributed by atoms with Gasteiger partial charge in [-0.25, -0.2) is 18.1 Å². The van der Waals surface area contributed by atoms with Crippen molar-refractivity contribution in [2.75, 3.05) is 10.8 Å². The Labute approximate surface area is 280 Å². The summed E-state index contributed by atoms with van der Waals surface area (Å²) in [5.74, 6) is -1.35. The summed E-state index contributed by atoms with van der Waals surface area (Å²) in [7, 11) is -4.09. The lowest BCUT2D eigenvalue weighted by Crippen LogP contribution is -2.33. The Morgan fingerprint density at radius 1 is 1.00 bits per heavy atom. The average molecular weight is 670 g/mol. The number of carbonyl (C=O) groups is 1. The van der Waals surface area contributed by atoms with Crippen molar-refractivity contribution in [3.63, 3.8) is 0 Å². The van der Waals surface area contributed by atoms with Crippen LogP contribution in [0, 0.1) is 19.4 Å². The first-order chi connectivity index (χ1) is 23.0. The van der Waals surface area contributed by atoms with E-state index >= 15 is 0 Å². The number of hydrogen-bond acceptors (Lipinski definition) is 7. The molecule has 2 N–H and O–H groups in total. The van der Waals surface area contributed by atoms with E-state index in [0.29, 0.717) is 12.1 Å². The Morgan fingerprint density at radius 2 is 1.67 bits per heavy atom. The SMILES string of the molecule is [C-]#[N+]c1c(C)c(/N=N/c2ccc(S(=O)(=O)N(CCc3ccccc3)c3ccc(C(=O)O)cc3)cc2)c(O)n(CC(CC)CCCC)c1=O. The van der Waals surface area contributed by atoms with Gasteiger partial charge in [0.2, 0.25) is 5.88 Å².